The number of ether oxygens (including phenoxy) is 2. The van der Waals surface area contributed by atoms with Gasteiger partial charge in [0.1, 0.15) is 5.52 Å². The minimum atomic E-state index is -0.684. The van der Waals surface area contributed by atoms with E-state index in [1.54, 1.807) is 6.07 Å². The van der Waals surface area contributed by atoms with Crippen molar-refractivity contribution in [1.29, 1.82) is 0 Å². The molecule has 0 spiro atoms. The fourth-order valence-electron chi connectivity index (χ4n) is 2.16. The second-order valence-electron chi connectivity index (χ2n) is 5.84. The molecule has 0 aliphatic rings. The first-order valence-corrected chi connectivity index (χ1v) is 8.90. The summed E-state index contributed by atoms with van der Waals surface area (Å²) in [7, 11) is 0. The minimum absolute atomic E-state index is 0.0194. The predicted octanol–water partition coefficient (Wildman–Crippen LogP) is 3.69. The van der Waals surface area contributed by atoms with E-state index in [9.17, 15) is 9.59 Å². The van der Waals surface area contributed by atoms with Gasteiger partial charge in [0.25, 0.3) is 5.91 Å². The summed E-state index contributed by atoms with van der Waals surface area (Å²) in [6.45, 7) is 4.87. The highest BCUT2D eigenvalue weighted by atomic mass is 35.5. The molecule has 0 saturated carbocycles. The van der Waals surface area contributed by atoms with E-state index in [1.807, 2.05) is 26.8 Å². The molecule has 0 bridgehead atoms. The molecular weight excluding hydrogens is 379 g/mol. The van der Waals surface area contributed by atoms with Crippen molar-refractivity contribution in [2.24, 2.45) is 0 Å². The highest BCUT2D eigenvalue weighted by Gasteiger charge is 2.16. The number of aromatic nitrogens is 1. The molecule has 0 radical (unpaired) electrons. The molecule has 2 rings (SSSR count). The molecule has 1 heterocycles. The lowest BCUT2D eigenvalue weighted by Gasteiger charge is -2.13. The maximum absolute atomic E-state index is 11.8. The molecule has 0 aliphatic heterocycles. The van der Waals surface area contributed by atoms with Crippen molar-refractivity contribution in [3.63, 3.8) is 0 Å². The van der Waals surface area contributed by atoms with Crippen molar-refractivity contribution in [1.82, 2.24) is 10.3 Å². The number of esters is 1. The third-order valence-corrected chi connectivity index (χ3v) is 4.29. The molecule has 6 nitrogen and oxygen atoms in total. The molecule has 140 valence electrons. The van der Waals surface area contributed by atoms with Crippen LogP contribution in [0.25, 0.3) is 10.9 Å². The largest absolute Gasteiger partial charge is 0.478 e. The van der Waals surface area contributed by atoms with Gasteiger partial charge < -0.3 is 14.8 Å². The van der Waals surface area contributed by atoms with Crippen LogP contribution in [0.3, 0.4) is 0 Å². The molecule has 26 heavy (non-hydrogen) atoms. The number of amides is 1. The lowest BCUT2D eigenvalue weighted by molar-refractivity contribution is -0.150. The second-order valence-corrected chi connectivity index (χ2v) is 6.66. The van der Waals surface area contributed by atoms with Crippen LogP contribution in [0.4, 0.5) is 0 Å². The van der Waals surface area contributed by atoms with E-state index in [-0.39, 0.29) is 29.3 Å². The van der Waals surface area contributed by atoms with Crippen molar-refractivity contribution in [2.45, 2.75) is 33.2 Å². The smallest absolute Gasteiger partial charge is 0.344 e. The third kappa shape index (κ3) is 5.22. The predicted molar refractivity (Wildman–Crippen MR) is 101 cm³/mol. The van der Waals surface area contributed by atoms with Crippen LogP contribution >= 0.6 is 23.2 Å². The average molecular weight is 399 g/mol. The number of nitrogens with zero attached hydrogens (tertiary/aromatic N) is 1. The molecule has 0 fully saturated rings. The quantitative estimate of drug-likeness (QED) is 0.719. The maximum Gasteiger partial charge on any atom is 0.344 e. The Kier molecular flexibility index (Phi) is 7.06. The lowest BCUT2D eigenvalue weighted by atomic mass is 10.2. The van der Waals surface area contributed by atoms with E-state index >= 15 is 0 Å². The Labute approximate surface area is 161 Å². The second kappa shape index (κ2) is 9.05. The van der Waals surface area contributed by atoms with Crippen molar-refractivity contribution in [2.75, 3.05) is 13.2 Å². The third-order valence-electron chi connectivity index (χ3n) is 3.70. The van der Waals surface area contributed by atoms with Crippen molar-refractivity contribution in [3.8, 4) is 5.75 Å². The van der Waals surface area contributed by atoms with Crippen LogP contribution in [0.5, 0.6) is 5.75 Å². The van der Waals surface area contributed by atoms with E-state index in [2.05, 4.69) is 10.3 Å². The van der Waals surface area contributed by atoms with Crippen LogP contribution in [0.15, 0.2) is 18.2 Å². The summed E-state index contributed by atoms with van der Waals surface area (Å²) >= 11 is 12.4. The van der Waals surface area contributed by atoms with Gasteiger partial charge in [-0.1, -0.05) is 30.1 Å². The first kappa shape index (κ1) is 20.3. The fraction of sp³-hybridized carbons (Fsp3) is 0.389. The molecular formula is C18H20Cl2N2O4. The summed E-state index contributed by atoms with van der Waals surface area (Å²) in [5.74, 6) is -0.799. The zero-order chi connectivity index (χ0) is 19.3. The van der Waals surface area contributed by atoms with Gasteiger partial charge in [-0.05, 0) is 38.5 Å². The number of carbonyl (C=O) groups excluding carboxylic acids is 2. The minimum Gasteiger partial charge on any atom is -0.478 e. The number of hydrogen-bond donors (Lipinski definition) is 1. The number of aryl methyl sites for hydroxylation is 1. The molecule has 2 aromatic rings. The molecule has 0 unspecified atom stereocenters. The molecule has 8 heteroatoms. The molecule has 0 saturated heterocycles. The lowest BCUT2D eigenvalue weighted by Crippen LogP contribution is -2.35. The number of rotatable bonds is 7. The van der Waals surface area contributed by atoms with Crippen LogP contribution < -0.4 is 10.1 Å². The van der Waals surface area contributed by atoms with E-state index in [0.717, 1.165) is 12.1 Å². The Bertz CT molecular complexity index is 826. The number of carbonyl (C=O) groups is 2. The summed E-state index contributed by atoms with van der Waals surface area (Å²) in [5, 5.41) is 4.04. The Morgan fingerprint density at radius 1 is 1.23 bits per heavy atom. The van der Waals surface area contributed by atoms with Crippen LogP contribution in [-0.2, 0) is 14.3 Å². The summed E-state index contributed by atoms with van der Waals surface area (Å²) < 4.78 is 10.4. The van der Waals surface area contributed by atoms with Gasteiger partial charge in [-0.15, -0.1) is 0 Å². The van der Waals surface area contributed by atoms with Crippen molar-refractivity contribution < 1.29 is 19.1 Å². The summed E-state index contributed by atoms with van der Waals surface area (Å²) in [6.07, 6.45) is 0.789. The number of nitrogens with one attached hydrogen (secondary N) is 1. The summed E-state index contributed by atoms with van der Waals surface area (Å²) in [4.78, 5) is 27.8. The van der Waals surface area contributed by atoms with E-state index in [4.69, 9.17) is 32.7 Å². The van der Waals surface area contributed by atoms with Crippen LogP contribution in [0, 0.1) is 6.92 Å². The average Bonchev–Trinajstić information content (AvgIpc) is 2.59. The Balaban J connectivity index is 2.02. The first-order chi connectivity index (χ1) is 12.3. The summed E-state index contributed by atoms with van der Waals surface area (Å²) in [5.41, 5.74) is 1.22. The monoisotopic (exact) mass is 398 g/mol. The highest BCUT2D eigenvalue weighted by molar-refractivity contribution is 6.39. The fourth-order valence-corrected chi connectivity index (χ4v) is 2.74. The topological polar surface area (TPSA) is 77.5 Å². The Morgan fingerprint density at radius 3 is 2.65 bits per heavy atom. The van der Waals surface area contributed by atoms with Crippen LogP contribution in [-0.4, -0.2) is 36.1 Å². The van der Waals surface area contributed by atoms with Gasteiger partial charge >= 0.3 is 5.97 Å². The van der Waals surface area contributed by atoms with E-state index in [1.165, 1.54) is 6.07 Å². The SMILES string of the molecule is CC[C@H](C)NC(=O)COC(=O)COc1c(Cl)cc(Cl)c2ccc(C)nc12. The van der Waals surface area contributed by atoms with Gasteiger partial charge in [0.05, 0.1) is 10.0 Å². The zero-order valence-corrected chi connectivity index (χ0v) is 16.3. The van der Waals surface area contributed by atoms with Crippen LogP contribution in [0.1, 0.15) is 26.0 Å². The zero-order valence-electron chi connectivity index (χ0n) is 14.8. The number of benzene rings is 1. The van der Waals surface area contributed by atoms with Crippen LogP contribution in [0.2, 0.25) is 10.0 Å². The molecule has 1 aromatic carbocycles. The number of pyridine rings is 1. The molecule has 1 amide bonds. The van der Waals surface area contributed by atoms with Gasteiger partial charge in [0.15, 0.2) is 19.0 Å². The molecule has 0 aliphatic carbocycles. The normalized spacial score (nSPS) is 11.9. The van der Waals surface area contributed by atoms with Gasteiger partial charge in [-0.3, -0.25) is 4.79 Å². The Morgan fingerprint density at radius 2 is 1.96 bits per heavy atom. The molecule has 1 atom stereocenters. The number of fused-ring (bicyclic) bond motifs is 1. The summed E-state index contributed by atoms with van der Waals surface area (Å²) in [6, 6.07) is 5.17. The van der Waals surface area contributed by atoms with Crippen molar-refractivity contribution >= 4 is 46.0 Å². The van der Waals surface area contributed by atoms with E-state index in [0.29, 0.717) is 15.9 Å². The first-order valence-electron chi connectivity index (χ1n) is 8.15. The maximum atomic E-state index is 11.8. The Hall–Kier alpha value is -2.05. The van der Waals surface area contributed by atoms with Crippen molar-refractivity contribution in [3.05, 3.63) is 33.9 Å². The molecule has 1 N–H and O–H groups in total. The van der Waals surface area contributed by atoms with Gasteiger partial charge in [-0.2, -0.15) is 0 Å². The van der Waals surface area contributed by atoms with Gasteiger partial charge in [-0.25, -0.2) is 9.78 Å². The van der Waals surface area contributed by atoms with Gasteiger partial charge in [0, 0.05) is 17.1 Å². The van der Waals surface area contributed by atoms with E-state index < -0.39 is 12.6 Å². The number of halogens is 2. The standard InChI is InChI=1S/C18H20Cl2N2O4/c1-4-10(2)21-15(23)8-25-16(24)9-26-18-14(20)7-13(19)12-6-5-11(3)22-17(12)18/h5-7,10H,4,8-9H2,1-3H3,(H,21,23)/t10-/m0/s1. The number of hydrogen-bond acceptors (Lipinski definition) is 5. The van der Waals surface area contributed by atoms with Gasteiger partial charge in [0.2, 0.25) is 0 Å². The molecule has 1 aromatic heterocycles. The highest BCUT2D eigenvalue weighted by Crippen LogP contribution is 2.37.